The van der Waals surface area contributed by atoms with Gasteiger partial charge in [-0.3, -0.25) is 0 Å². The van der Waals surface area contributed by atoms with E-state index in [4.69, 9.17) is 4.74 Å². The third-order valence-corrected chi connectivity index (χ3v) is 2.35. The van der Waals surface area contributed by atoms with Crippen LogP contribution in [0, 0.1) is 5.41 Å². The number of hydrogen-bond donors (Lipinski definition) is 2. The Morgan fingerprint density at radius 3 is 2.33 bits per heavy atom. The lowest BCUT2D eigenvalue weighted by molar-refractivity contribution is 0.162. The average molecular weight is 217 g/mol. The Bertz CT molecular complexity index is 154. The molecule has 0 saturated heterocycles. The van der Waals surface area contributed by atoms with Crippen molar-refractivity contribution in [2.24, 2.45) is 5.41 Å². The first-order valence-electron chi connectivity index (χ1n) is 5.75. The molecule has 3 heteroatoms. The molecule has 0 bridgehead atoms. The van der Waals surface area contributed by atoms with Gasteiger partial charge in [0.05, 0.1) is 6.61 Å². The quantitative estimate of drug-likeness (QED) is 0.683. The lowest BCUT2D eigenvalue weighted by atomic mass is 9.88. The van der Waals surface area contributed by atoms with Crippen molar-refractivity contribution in [1.82, 2.24) is 5.32 Å². The van der Waals surface area contributed by atoms with E-state index in [1.54, 1.807) is 7.11 Å². The lowest BCUT2D eigenvalue weighted by Crippen LogP contribution is -2.41. The van der Waals surface area contributed by atoms with Gasteiger partial charge in [0.25, 0.3) is 0 Å². The van der Waals surface area contributed by atoms with E-state index < -0.39 is 0 Å². The van der Waals surface area contributed by atoms with Gasteiger partial charge in [-0.1, -0.05) is 20.8 Å². The van der Waals surface area contributed by atoms with Crippen LogP contribution >= 0.6 is 0 Å². The van der Waals surface area contributed by atoms with Crippen LogP contribution in [-0.4, -0.2) is 37.5 Å². The summed E-state index contributed by atoms with van der Waals surface area (Å²) in [4.78, 5) is 0. The van der Waals surface area contributed by atoms with E-state index in [2.05, 4.69) is 33.0 Å². The van der Waals surface area contributed by atoms with Gasteiger partial charge >= 0.3 is 0 Å². The molecular formula is C12H27NO2. The number of aliphatic hydroxyl groups excluding tert-OH is 1. The predicted octanol–water partition coefficient (Wildman–Crippen LogP) is 1.80. The predicted molar refractivity (Wildman–Crippen MR) is 64.0 cm³/mol. The first-order valence-corrected chi connectivity index (χ1v) is 5.75. The Balaban J connectivity index is 3.87. The first-order chi connectivity index (χ1) is 6.89. The minimum Gasteiger partial charge on any atom is -0.395 e. The van der Waals surface area contributed by atoms with Crippen molar-refractivity contribution in [2.45, 2.75) is 52.6 Å². The van der Waals surface area contributed by atoms with Crippen molar-refractivity contribution in [3.63, 3.8) is 0 Å². The molecule has 0 aromatic rings. The molecule has 0 radical (unpaired) electrons. The highest BCUT2D eigenvalue weighted by Crippen LogP contribution is 2.20. The molecule has 92 valence electrons. The zero-order valence-corrected chi connectivity index (χ0v) is 10.8. The van der Waals surface area contributed by atoms with Crippen molar-refractivity contribution in [3.05, 3.63) is 0 Å². The highest BCUT2D eigenvalue weighted by molar-refractivity contribution is 4.76. The number of methoxy groups -OCH3 is 1. The highest BCUT2D eigenvalue weighted by Gasteiger charge is 2.19. The normalized spacial score (nSPS) is 16.4. The Morgan fingerprint density at radius 1 is 1.33 bits per heavy atom. The second-order valence-corrected chi connectivity index (χ2v) is 5.49. The summed E-state index contributed by atoms with van der Waals surface area (Å²) < 4.78 is 5.03. The molecule has 0 aliphatic rings. The third kappa shape index (κ3) is 8.85. The van der Waals surface area contributed by atoms with Crippen LogP contribution in [-0.2, 0) is 4.74 Å². The lowest BCUT2D eigenvalue weighted by Gasteiger charge is -2.28. The summed E-state index contributed by atoms with van der Waals surface area (Å²) in [6.45, 7) is 9.67. The Kier molecular flexibility index (Phi) is 7.14. The monoisotopic (exact) mass is 217 g/mol. The molecule has 3 nitrogen and oxygen atoms in total. The van der Waals surface area contributed by atoms with Gasteiger partial charge in [0, 0.05) is 25.8 Å². The van der Waals surface area contributed by atoms with Crippen LogP contribution in [0.15, 0.2) is 0 Å². The SMILES string of the molecule is COCCC(C)NC(CO)CC(C)(C)C. The van der Waals surface area contributed by atoms with Crippen LogP contribution in [0.3, 0.4) is 0 Å². The molecule has 0 spiro atoms. The average Bonchev–Trinajstić information content (AvgIpc) is 2.11. The molecule has 0 rings (SSSR count). The van der Waals surface area contributed by atoms with Gasteiger partial charge in [-0.2, -0.15) is 0 Å². The van der Waals surface area contributed by atoms with E-state index in [0.29, 0.717) is 6.04 Å². The van der Waals surface area contributed by atoms with Gasteiger partial charge in [0.15, 0.2) is 0 Å². The minimum absolute atomic E-state index is 0.192. The van der Waals surface area contributed by atoms with Crippen molar-refractivity contribution in [2.75, 3.05) is 20.3 Å². The maximum atomic E-state index is 9.27. The maximum absolute atomic E-state index is 9.27. The summed E-state index contributed by atoms with van der Waals surface area (Å²) in [5.41, 5.74) is 0.251. The van der Waals surface area contributed by atoms with E-state index in [0.717, 1.165) is 19.4 Å². The van der Waals surface area contributed by atoms with E-state index in [1.807, 2.05) is 0 Å². The van der Waals surface area contributed by atoms with Gasteiger partial charge in [-0.15, -0.1) is 0 Å². The van der Waals surface area contributed by atoms with E-state index in [1.165, 1.54) is 0 Å². The van der Waals surface area contributed by atoms with Gasteiger partial charge in [0.2, 0.25) is 0 Å². The molecule has 0 fully saturated rings. The smallest absolute Gasteiger partial charge is 0.0584 e. The fraction of sp³-hybridized carbons (Fsp3) is 1.00. The first kappa shape index (κ1) is 14.9. The molecule has 0 aromatic heterocycles. The van der Waals surface area contributed by atoms with E-state index in [9.17, 15) is 5.11 Å². The summed E-state index contributed by atoms with van der Waals surface area (Å²) in [7, 11) is 1.71. The van der Waals surface area contributed by atoms with Crippen molar-refractivity contribution < 1.29 is 9.84 Å². The Labute approximate surface area is 94.2 Å². The molecule has 0 aliphatic carbocycles. The molecule has 15 heavy (non-hydrogen) atoms. The maximum Gasteiger partial charge on any atom is 0.0584 e. The molecule has 2 atom stereocenters. The molecule has 2 unspecified atom stereocenters. The number of rotatable bonds is 7. The standard InChI is InChI=1S/C12H27NO2/c1-10(6-7-15-5)13-11(9-14)8-12(2,3)4/h10-11,13-14H,6-9H2,1-5H3. The van der Waals surface area contributed by atoms with Crippen LogP contribution < -0.4 is 5.32 Å². The number of aliphatic hydroxyl groups is 1. The van der Waals surface area contributed by atoms with Gasteiger partial charge in [-0.05, 0) is 25.2 Å². The summed E-state index contributed by atoms with van der Waals surface area (Å²) in [5, 5.41) is 12.7. The topological polar surface area (TPSA) is 41.5 Å². The number of ether oxygens (including phenoxy) is 1. The van der Waals surface area contributed by atoms with Crippen LogP contribution in [0.4, 0.5) is 0 Å². The summed E-state index contributed by atoms with van der Waals surface area (Å²) in [5.74, 6) is 0. The zero-order chi connectivity index (χ0) is 11.9. The van der Waals surface area contributed by atoms with Crippen LogP contribution in [0.25, 0.3) is 0 Å². The molecule has 0 amide bonds. The Morgan fingerprint density at radius 2 is 1.93 bits per heavy atom. The van der Waals surface area contributed by atoms with Gasteiger partial charge < -0.3 is 15.2 Å². The summed E-state index contributed by atoms with van der Waals surface area (Å²) in [6, 6.07) is 0.585. The molecule has 0 aliphatic heterocycles. The van der Waals surface area contributed by atoms with Gasteiger partial charge in [-0.25, -0.2) is 0 Å². The zero-order valence-electron chi connectivity index (χ0n) is 10.8. The summed E-state index contributed by atoms with van der Waals surface area (Å²) in [6.07, 6.45) is 1.97. The number of hydrogen-bond acceptors (Lipinski definition) is 3. The fourth-order valence-electron chi connectivity index (χ4n) is 1.70. The van der Waals surface area contributed by atoms with Crippen molar-refractivity contribution in [3.8, 4) is 0 Å². The Hall–Kier alpha value is -0.120. The molecule has 0 saturated carbocycles. The fourth-order valence-corrected chi connectivity index (χ4v) is 1.70. The van der Waals surface area contributed by atoms with E-state index in [-0.39, 0.29) is 18.1 Å². The second-order valence-electron chi connectivity index (χ2n) is 5.49. The van der Waals surface area contributed by atoms with Crippen LogP contribution in [0.1, 0.15) is 40.5 Å². The second kappa shape index (κ2) is 7.20. The van der Waals surface area contributed by atoms with Crippen molar-refractivity contribution >= 4 is 0 Å². The van der Waals surface area contributed by atoms with E-state index >= 15 is 0 Å². The van der Waals surface area contributed by atoms with Crippen LogP contribution in [0.2, 0.25) is 0 Å². The van der Waals surface area contributed by atoms with Crippen LogP contribution in [0.5, 0.6) is 0 Å². The van der Waals surface area contributed by atoms with Crippen molar-refractivity contribution in [1.29, 1.82) is 0 Å². The molecule has 2 N–H and O–H groups in total. The summed E-state index contributed by atoms with van der Waals surface area (Å²) >= 11 is 0. The minimum atomic E-state index is 0.192. The highest BCUT2D eigenvalue weighted by atomic mass is 16.5. The molecule has 0 aromatic carbocycles. The largest absolute Gasteiger partial charge is 0.395 e. The molecular weight excluding hydrogens is 190 g/mol. The van der Waals surface area contributed by atoms with Gasteiger partial charge in [0.1, 0.15) is 0 Å². The third-order valence-electron chi connectivity index (χ3n) is 2.35. The number of nitrogens with one attached hydrogen (secondary N) is 1. The molecule has 0 heterocycles.